The first kappa shape index (κ1) is 15.2. The van der Waals surface area contributed by atoms with E-state index in [9.17, 15) is 14.9 Å². The van der Waals surface area contributed by atoms with Crippen molar-refractivity contribution in [2.75, 3.05) is 7.11 Å². The second-order valence-corrected chi connectivity index (χ2v) is 5.32. The zero-order valence-corrected chi connectivity index (χ0v) is 12.8. The summed E-state index contributed by atoms with van der Waals surface area (Å²) in [5, 5.41) is 10.8. The zero-order valence-electron chi connectivity index (χ0n) is 11.2. The number of carbonyl (C=O) groups is 1. The standard InChI is InChI=1S/C15H12BrNO4/c1-21-14-4-2-10(3-5-14)6-15(18)11-7-12(16)9-13(8-11)17(19)20/h2-5,7-9H,6H2,1H3. The quantitative estimate of drug-likeness (QED) is 0.467. The zero-order chi connectivity index (χ0) is 15.4. The van der Waals surface area contributed by atoms with Gasteiger partial charge in [0.05, 0.1) is 12.0 Å². The van der Waals surface area contributed by atoms with Crippen LogP contribution in [0.3, 0.4) is 0 Å². The minimum atomic E-state index is -0.519. The van der Waals surface area contributed by atoms with Gasteiger partial charge >= 0.3 is 0 Å². The largest absolute Gasteiger partial charge is 0.497 e. The number of nitrogens with zero attached hydrogens (tertiary/aromatic N) is 1. The Balaban J connectivity index is 2.21. The molecule has 0 aliphatic heterocycles. The minimum absolute atomic E-state index is 0.109. The molecule has 21 heavy (non-hydrogen) atoms. The molecule has 5 nitrogen and oxygen atoms in total. The van der Waals surface area contributed by atoms with E-state index < -0.39 is 4.92 Å². The molecule has 0 N–H and O–H groups in total. The van der Waals surface area contributed by atoms with Crippen molar-refractivity contribution in [3.05, 3.63) is 68.2 Å². The summed E-state index contributed by atoms with van der Waals surface area (Å²) in [7, 11) is 1.57. The normalized spacial score (nSPS) is 10.2. The highest BCUT2D eigenvalue weighted by atomic mass is 79.9. The highest BCUT2D eigenvalue weighted by Gasteiger charge is 2.14. The number of nitro benzene ring substituents is 1. The molecule has 2 aromatic rings. The second kappa shape index (κ2) is 6.49. The Bertz CT molecular complexity index is 683. The van der Waals surface area contributed by atoms with E-state index in [1.165, 1.54) is 12.1 Å². The number of ether oxygens (including phenoxy) is 1. The number of carbonyl (C=O) groups excluding carboxylic acids is 1. The maximum Gasteiger partial charge on any atom is 0.271 e. The number of nitro groups is 1. The number of ketones is 1. The third-order valence-corrected chi connectivity index (χ3v) is 3.40. The lowest BCUT2D eigenvalue weighted by atomic mass is 10.0. The summed E-state index contributed by atoms with van der Waals surface area (Å²) < 4.78 is 5.56. The van der Waals surface area contributed by atoms with Crippen LogP contribution in [0.4, 0.5) is 5.69 Å². The molecule has 0 spiro atoms. The molecule has 108 valence electrons. The molecule has 0 aromatic heterocycles. The average molecular weight is 350 g/mol. The minimum Gasteiger partial charge on any atom is -0.497 e. The van der Waals surface area contributed by atoms with Crippen molar-refractivity contribution in [1.29, 1.82) is 0 Å². The fourth-order valence-electron chi connectivity index (χ4n) is 1.87. The van der Waals surface area contributed by atoms with Gasteiger partial charge in [0.2, 0.25) is 0 Å². The topological polar surface area (TPSA) is 69.4 Å². The Labute approximate surface area is 129 Å². The summed E-state index contributed by atoms with van der Waals surface area (Å²) in [6, 6.07) is 11.4. The van der Waals surface area contributed by atoms with Crippen LogP contribution in [0.1, 0.15) is 15.9 Å². The molecule has 0 unspecified atom stereocenters. The van der Waals surface area contributed by atoms with Crippen molar-refractivity contribution in [2.45, 2.75) is 6.42 Å². The van der Waals surface area contributed by atoms with E-state index in [4.69, 9.17) is 4.74 Å². The predicted molar refractivity (Wildman–Crippen MR) is 81.8 cm³/mol. The van der Waals surface area contributed by atoms with Crippen LogP contribution in [-0.2, 0) is 6.42 Å². The number of hydrogen-bond donors (Lipinski definition) is 0. The Morgan fingerprint density at radius 1 is 1.24 bits per heavy atom. The molecular weight excluding hydrogens is 338 g/mol. The molecule has 0 saturated heterocycles. The molecule has 0 saturated carbocycles. The number of halogens is 1. The van der Waals surface area contributed by atoms with Gasteiger partial charge in [0, 0.05) is 28.6 Å². The number of methoxy groups -OCH3 is 1. The predicted octanol–water partition coefficient (Wildman–Crippen LogP) is 3.79. The highest BCUT2D eigenvalue weighted by molar-refractivity contribution is 9.10. The number of hydrogen-bond acceptors (Lipinski definition) is 4. The van der Waals surface area contributed by atoms with Gasteiger partial charge in [-0.3, -0.25) is 14.9 Å². The van der Waals surface area contributed by atoms with Crippen LogP contribution in [0.15, 0.2) is 46.9 Å². The first-order valence-corrected chi connectivity index (χ1v) is 6.90. The molecule has 0 bridgehead atoms. The average Bonchev–Trinajstić information content (AvgIpc) is 2.47. The lowest BCUT2D eigenvalue weighted by Gasteiger charge is -2.04. The van der Waals surface area contributed by atoms with Crippen molar-refractivity contribution in [3.8, 4) is 5.75 Å². The molecule has 0 amide bonds. The van der Waals surface area contributed by atoms with Crippen LogP contribution in [0.5, 0.6) is 5.75 Å². The summed E-state index contributed by atoms with van der Waals surface area (Å²) in [4.78, 5) is 22.5. The Morgan fingerprint density at radius 3 is 2.48 bits per heavy atom. The van der Waals surface area contributed by atoms with Crippen molar-refractivity contribution in [3.63, 3.8) is 0 Å². The molecule has 0 radical (unpaired) electrons. The van der Waals surface area contributed by atoms with Crippen molar-refractivity contribution in [1.82, 2.24) is 0 Å². The maximum atomic E-state index is 12.2. The fraction of sp³-hybridized carbons (Fsp3) is 0.133. The van der Waals surface area contributed by atoms with Crippen molar-refractivity contribution >= 4 is 27.4 Å². The molecule has 0 heterocycles. The van der Waals surface area contributed by atoms with Gasteiger partial charge in [-0.2, -0.15) is 0 Å². The second-order valence-electron chi connectivity index (χ2n) is 4.40. The monoisotopic (exact) mass is 349 g/mol. The molecular formula is C15H12BrNO4. The lowest BCUT2D eigenvalue weighted by Crippen LogP contribution is -2.04. The Hall–Kier alpha value is -2.21. The van der Waals surface area contributed by atoms with Gasteiger partial charge in [0.15, 0.2) is 5.78 Å². The van der Waals surface area contributed by atoms with Crippen LogP contribution >= 0.6 is 15.9 Å². The van der Waals surface area contributed by atoms with Gasteiger partial charge in [-0.1, -0.05) is 28.1 Å². The summed E-state index contributed by atoms with van der Waals surface area (Å²) >= 11 is 3.18. The SMILES string of the molecule is COc1ccc(CC(=O)c2cc(Br)cc([N+](=O)[O-])c2)cc1. The van der Waals surface area contributed by atoms with Gasteiger partial charge < -0.3 is 4.74 Å². The number of non-ortho nitro benzene ring substituents is 1. The molecule has 2 aromatic carbocycles. The van der Waals surface area contributed by atoms with Gasteiger partial charge in [0.1, 0.15) is 5.75 Å². The highest BCUT2D eigenvalue weighted by Crippen LogP contribution is 2.22. The summed E-state index contributed by atoms with van der Waals surface area (Å²) in [6.45, 7) is 0. The Morgan fingerprint density at radius 2 is 1.90 bits per heavy atom. The van der Waals surface area contributed by atoms with Gasteiger partial charge in [0.25, 0.3) is 5.69 Å². The maximum absolute atomic E-state index is 12.2. The fourth-order valence-corrected chi connectivity index (χ4v) is 2.35. The van der Waals surface area contributed by atoms with E-state index in [-0.39, 0.29) is 17.9 Å². The number of Topliss-reactive ketones (excluding diaryl/α,β-unsaturated/α-hetero) is 1. The first-order chi connectivity index (χ1) is 9.99. The summed E-state index contributed by atoms with van der Waals surface area (Å²) in [5.41, 5.74) is 1.03. The van der Waals surface area contributed by atoms with E-state index in [1.54, 1.807) is 37.4 Å². The van der Waals surface area contributed by atoms with E-state index in [0.29, 0.717) is 15.8 Å². The third kappa shape index (κ3) is 3.88. The van der Waals surface area contributed by atoms with Crippen LogP contribution in [0.25, 0.3) is 0 Å². The molecule has 0 atom stereocenters. The van der Waals surface area contributed by atoms with Crippen molar-refractivity contribution < 1.29 is 14.5 Å². The summed E-state index contributed by atoms with van der Waals surface area (Å²) in [6.07, 6.45) is 0.178. The molecule has 0 fully saturated rings. The van der Waals surface area contributed by atoms with E-state index in [0.717, 1.165) is 5.56 Å². The van der Waals surface area contributed by atoms with E-state index in [2.05, 4.69) is 15.9 Å². The molecule has 2 rings (SSSR count). The van der Waals surface area contributed by atoms with E-state index in [1.807, 2.05) is 0 Å². The smallest absolute Gasteiger partial charge is 0.271 e. The number of rotatable bonds is 5. The van der Waals surface area contributed by atoms with E-state index >= 15 is 0 Å². The van der Waals surface area contributed by atoms with Crippen LogP contribution < -0.4 is 4.74 Å². The van der Waals surface area contributed by atoms with Gasteiger partial charge in [-0.15, -0.1) is 0 Å². The van der Waals surface area contributed by atoms with Gasteiger partial charge in [-0.05, 0) is 23.8 Å². The Kier molecular flexibility index (Phi) is 4.70. The first-order valence-electron chi connectivity index (χ1n) is 6.10. The van der Waals surface area contributed by atoms with Gasteiger partial charge in [-0.25, -0.2) is 0 Å². The summed E-state index contributed by atoms with van der Waals surface area (Å²) in [5.74, 6) is 0.536. The molecule has 0 aliphatic rings. The van der Waals surface area contributed by atoms with Crippen LogP contribution in [0, 0.1) is 10.1 Å². The molecule has 0 aliphatic carbocycles. The van der Waals surface area contributed by atoms with Crippen LogP contribution in [-0.4, -0.2) is 17.8 Å². The lowest BCUT2D eigenvalue weighted by molar-refractivity contribution is -0.385. The third-order valence-electron chi connectivity index (χ3n) is 2.94. The van der Waals surface area contributed by atoms with Crippen molar-refractivity contribution in [2.24, 2.45) is 0 Å². The van der Waals surface area contributed by atoms with Crippen LogP contribution in [0.2, 0.25) is 0 Å². The molecule has 6 heteroatoms. The number of benzene rings is 2.